The van der Waals surface area contributed by atoms with Gasteiger partial charge in [0.25, 0.3) is 0 Å². The minimum absolute atomic E-state index is 0.519. The zero-order valence-electron chi connectivity index (χ0n) is 30.6. The molecule has 6 nitrogen and oxygen atoms in total. The predicted octanol–water partition coefficient (Wildman–Crippen LogP) is 13.1. The Hall–Kier alpha value is -7.83. The number of hydrogen-bond donors (Lipinski definition) is 2. The molecule has 0 unspecified atom stereocenters. The lowest BCUT2D eigenvalue weighted by Gasteiger charge is -2.07. The van der Waals surface area contributed by atoms with E-state index in [1.807, 2.05) is 48.5 Å². The fraction of sp³-hybridized carbons (Fsp3) is 0. The Balaban J connectivity index is 1.37. The van der Waals surface area contributed by atoms with Crippen molar-refractivity contribution in [2.45, 2.75) is 0 Å². The van der Waals surface area contributed by atoms with E-state index in [0.717, 1.165) is 106 Å². The standard InChI is InChI=1S/C51H33N5O/c1-5-15-32(16-6-1)46-38-25-26-39(52-38)47(33-17-7-2-8-18-33)41-29-30-43(54-41)49(35-21-11-4-12-22-35)50-36(51-56-37-23-13-14-24-45(37)57-51)31-44(55-50)48(34-19-9-3-10-20-34)42-28-27-40(46)53-42/h1-31,52,55H. The Kier molecular flexibility index (Phi) is 7.71. The van der Waals surface area contributed by atoms with Crippen molar-refractivity contribution in [2.24, 2.45) is 0 Å². The van der Waals surface area contributed by atoms with Crippen LogP contribution < -0.4 is 0 Å². The number of nitrogens with one attached hydrogen (secondary N) is 2. The topological polar surface area (TPSA) is 83.4 Å². The van der Waals surface area contributed by atoms with Crippen molar-refractivity contribution in [1.82, 2.24) is 24.9 Å². The summed E-state index contributed by atoms with van der Waals surface area (Å²) >= 11 is 0. The maximum Gasteiger partial charge on any atom is 0.229 e. The van der Waals surface area contributed by atoms with Gasteiger partial charge < -0.3 is 14.4 Å². The second kappa shape index (κ2) is 13.5. The van der Waals surface area contributed by atoms with Gasteiger partial charge in [0.1, 0.15) is 5.52 Å². The molecular formula is C51H33N5O. The first kappa shape index (κ1) is 32.6. The summed E-state index contributed by atoms with van der Waals surface area (Å²) < 4.78 is 6.55. The third kappa shape index (κ3) is 5.70. The van der Waals surface area contributed by atoms with Gasteiger partial charge in [0.15, 0.2) is 5.58 Å². The number of benzene rings is 5. The molecule has 5 aromatic carbocycles. The smallest absolute Gasteiger partial charge is 0.229 e. The number of oxazole rings is 1. The number of nitrogens with zero attached hydrogens (tertiary/aromatic N) is 3. The average Bonchev–Trinajstić information content (AvgIpc) is 4.12. The normalized spacial score (nSPS) is 12.1. The van der Waals surface area contributed by atoms with Crippen molar-refractivity contribution >= 4 is 57.5 Å². The average molecular weight is 732 g/mol. The molecule has 0 aliphatic carbocycles. The van der Waals surface area contributed by atoms with E-state index in [1.165, 1.54) is 0 Å². The van der Waals surface area contributed by atoms with Crippen LogP contribution in [0.1, 0.15) is 22.8 Å². The molecule has 268 valence electrons. The van der Waals surface area contributed by atoms with Crippen molar-refractivity contribution in [2.75, 3.05) is 0 Å². The van der Waals surface area contributed by atoms with Crippen LogP contribution in [-0.4, -0.2) is 24.9 Å². The molecule has 0 amide bonds. The lowest BCUT2D eigenvalue weighted by molar-refractivity contribution is 0.621. The summed E-state index contributed by atoms with van der Waals surface area (Å²) in [6.07, 6.45) is 8.48. The summed E-state index contributed by atoms with van der Waals surface area (Å²) in [6.45, 7) is 0. The summed E-state index contributed by atoms with van der Waals surface area (Å²) in [5.74, 6) is 0.519. The molecule has 0 fully saturated rings. The lowest BCUT2D eigenvalue weighted by Crippen LogP contribution is -1.90. The van der Waals surface area contributed by atoms with E-state index >= 15 is 0 Å². The molecule has 2 N–H and O–H groups in total. The fourth-order valence-corrected chi connectivity index (χ4v) is 8.07. The molecule has 0 saturated heterocycles. The maximum absolute atomic E-state index is 6.55. The molecule has 57 heavy (non-hydrogen) atoms. The molecule has 11 rings (SSSR count). The molecular weight excluding hydrogens is 699 g/mol. The van der Waals surface area contributed by atoms with Gasteiger partial charge in [-0.3, -0.25) is 0 Å². The summed E-state index contributed by atoms with van der Waals surface area (Å²) in [5, 5.41) is 0. The van der Waals surface area contributed by atoms with E-state index in [-0.39, 0.29) is 0 Å². The van der Waals surface area contributed by atoms with E-state index < -0.39 is 0 Å². The van der Waals surface area contributed by atoms with E-state index in [0.29, 0.717) is 5.89 Å². The number of aromatic amines is 2. The van der Waals surface area contributed by atoms with E-state index in [9.17, 15) is 0 Å². The molecule has 2 aliphatic heterocycles. The van der Waals surface area contributed by atoms with E-state index in [4.69, 9.17) is 19.4 Å². The number of aromatic nitrogens is 5. The van der Waals surface area contributed by atoms with Crippen molar-refractivity contribution in [3.8, 4) is 56.0 Å². The Labute approximate surface area is 328 Å². The zero-order chi connectivity index (χ0) is 37.7. The largest absolute Gasteiger partial charge is 0.436 e. The molecule has 6 heterocycles. The summed E-state index contributed by atoms with van der Waals surface area (Å²) in [6, 6.07) is 56.2. The van der Waals surface area contributed by atoms with Gasteiger partial charge in [-0.25, -0.2) is 15.0 Å². The molecule has 4 aromatic heterocycles. The highest BCUT2D eigenvalue weighted by Crippen LogP contribution is 2.41. The van der Waals surface area contributed by atoms with Crippen molar-refractivity contribution in [3.05, 3.63) is 187 Å². The number of H-pyrrole nitrogens is 2. The second-order valence-electron chi connectivity index (χ2n) is 14.1. The monoisotopic (exact) mass is 731 g/mol. The minimum atomic E-state index is 0.519. The van der Waals surface area contributed by atoms with Gasteiger partial charge in [-0.05, 0) is 76.9 Å². The van der Waals surface area contributed by atoms with Crippen LogP contribution in [0.2, 0.25) is 0 Å². The van der Waals surface area contributed by atoms with Crippen LogP contribution in [0.4, 0.5) is 0 Å². The first-order valence-corrected chi connectivity index (χ1v) is 19.0. The molecule has 0 radical (unpaired) electrons. The number of para-hydroxylation sites is 2. The van der Waals surface area contributed by atoms with Crippen LogP contribution in [0.25, 0.3) is 113 Å². The van der Waals surface area contributed by atoms with Crippen LogP contribution in [0, 0.1) is 0 Å². The quantitative estimate of drug-likeness (QED) is 0.185. The Bertz CT molecular complexity index is 3180. The Morgan fingerprint density at radius 3 is 1.28 bits per heavy atom. The zero-order valence-corrected chi connectivity index (χ0v) is 30.6. The van der Waals surface area contributed by atoms with E-state index in [2.05, 4.69) is 150 Å². The van der Waals surface area contributed by atoms with E-state index in [1.54, 1.807) is 0 Å². The van der Waals surface area contributed by atoms with Crippen LogP contribution in [0.3, 0.4) is 0 Å². The third-order valence-corrected chi connectivity index (χ3v) is 10.6. The number of rotatable bonds is 5. The van der Waals surface area contributed by atoms with Gasteiger partial charge in [-0.15, -0.1) is 0 Å². The van der Waals surface area contributed by atoms with Crippen LogP contribution in [0.5, 0.6) is 0 Å². The highest BCUT2D eigenvalue weighted by molar-refractivity contribution is 6.04. The summed E-state index contributed by atoms with van der Waals surface area (Å²) in [4.78, 5) is 23.7. The minimum Gasteiger partial charge on any atom is -0.436 e. The molecule has 0 atom stereocenters. The molecule has 0 saturated carbocycles. The number of fused-ring (bicyclic) bond motifs is 9. The SMILES string of the molecule is C1=Cc2nc1c(-c1ccccc1)c1ccc([nH]1)c(-c1ccccc1)c1nc(c(-c3ccccc3)c3[nH]c(cc3-c3nc4ccccc4o3)c2-c2ccccc2)C=C1. The molecule has 8 bridgehead atoms. The van der Waals surface area contributed by atoms with Crippen LogP contribution >= 0.6 is 0 Å². The summed E-state index contributed by atoms with van der Waals surface area (Å²) in [5.41, 5.74) is 17.4. The van der Waals surface area contributed by atoms with Gasteiger partial charge in [-0.1, -0.05) is 133 Å². The third-order valence-electron chi connectivity index (χ3n) is 10.6. The van der Waals surface area contributed by atoms with Crippen molar-refractivity contribution in [1.29, 1.82) is 0 Å². The van der Waals surface area contributed by atoms with Gasteiger partial charge in [0.05, 0.1) is 33.9 Å². The molecule has 0 spiro atoms. The molecule has 2 aliphatic rings. The van der Waals surface area contributed by atoms with Crippen molar-refractivity contribution < 1.29 is 4.42 Å². The second-order valence-corrected chi connectivity index (χ2v) is 14.1. The van der Waals surface area contributed by atoms with Crippen LogP contribution in [-0.2, 0) is 0 Å². The fourth-order valence-electron chi connectivity index (χ4n) is 8.07. The van der Waals surface area contributed by atoms with Crippen LogP contribution in [0.15, 0.2) is 168 Å². The highest BCUT2D eigenvalue weighted by atomic mass is 16.3. The Morgan fingerprint density at radius 1 is 0.368 bits per heavy atom. The Morgan fingerprint density at radius 2 is 0.789 bits per heavy atom. The number of hydrogen-bond acceptors (Lipinski definition) is 4. The van der Waals surface area contributed by atoms with Crippen molar-refractivity contribution in [3.63, 3.8) is 0 Å². The first-order valence-electron chi connectivity index (χ1n) is 19.0. The van der Waals surface area contributed by atoms with Gasteiger partial charge in [-0.2, -0.15) is 0 Å². The lowest BCUT2D eigenvalue weighted by atomic mass is 10.0. The van der Waals surface area contributed by atoms with Gasteiger partial charge >= 0.3 is 0 Å². The predicted molar refractivity (Wildman–Crippen MR) is 234 cm³/mol. The summed E-state index contributed by atoms with van der Waals surface area (Å²) in [7, 11) is 0. The first-order chi connectivity index (χ1) is 28.2. The highest BCUT2D eigenvalue weighted by Gasteiger charge is 2.22. The van der Waals surface area contributed by atoms with Gasteiger partial charge in [0, 0.05) is 38.8 Å². The molecule has 6 heteroatoms. The maximum atomic E-state index is 6.55. The van der Waals surface area contributed by atoms with Gasteiger partial charge in [0.2, 0.25) is 5.89 Å². The molecule has 9 aromatic rings.